The van der Waals surface area contributed by atoms with E-state index in [1.807, 2.05) is 30.4 Å². The second-order valence-corrected chi connectivity index (χ2v) is 3.43. The lowest BCUT2D eigenvalue weighted by Gasteiger charge is -2.00. The lowest BCUT2D eigenvalue weighted by Crippen LogP contribution is -1.95. The summed E-state index contributed by atoms with van der Waals surface area (Å²) in [5.41, 5.74) is 6.21. The highest BCUT2D eigenvalue weighted by Crippen LogP contribution is 2.25. The molecule has 0 radical (unpaired) electrons. The lowest BCUT2D eigenvalue weighted by molar-refractivity contribution is 1.01. The second kappa shape index (κ2) is 5.28. The Bertz CT molecular complexity index is 288. The van der Waals surface area contributed by atoms with Crippen molar-refractivity contribution in [2.24, 2.45) is 5.73 Å². The maximum absolute atomic E-state index is 5.94. The summed E-state index contributed by atoms with van der Waals surface area (Å²) in [7, 11) is 0. The molecular formula is C10H11Cl2N. The summed E-state index contributed by atoms with van der Waals surface area (Å²) in [6.45, 7) is 0.637. The Labute approximate surface area is 88.1 Å². The number of halogens is 2. The Morgan fingerprint density at radius 1 is 1.23 bits per heavy atom. The van der Waals surface area contributed by atoms with Crippen molar-refractivity contribution in [2.75, 3.05) is 6.54 Å². The van der Waals surface area contributed by atoms with Crippen LogP contribution in [0.1, 0.15) is 12.0 Å². The van der Waals surface area contributed by atoms with E-state index in [9.17, 15) is 0 Å². The molecule has 0 unspecified atom stereocenters. The molecule has 3 heteroatoms. The van der Waals surface area contributed by atoms with Gasteiger partial charge in [-0.3, -0.25) is 0 Å². The van der Waals surface area contributed by atoms with E-state index < -0.39 is 0 Å². The standard InChI is InChI=1S/C10H11Cl2N/c11-9-5-3-6-10(12)8(9)4-1-2-7-13/h1,3-6H,2,7,13H2. The van der Waals surface area contributed by atoms with Gasteiger partial charge in [-0.15, -0.1) is 0 Å². The van der Waals surface area contributed by atoms with E-state index >= 15 is 0 Å². The zero-order valence-electron chi connectivity index (χ0n) is 7.13. The molecule has 1 nitrogen and oxygen atoms in total. The third kappa shape index (κ3) is 3.03. The van der Waals surface area contributed by atoms with Crippen LogP contribution in [0, 0.1) is 0 Å². The minimum Gasteiger partial charge on any atom is -0.330 e. The first kappa shape index (κ1) is 10.6. The molecule has 0 aliphatic carbocycles. The zero-order valence-corrected chi connectivity index (χ0v) is 8.65. The maximum atomic E-state index is 5.94. The van der Waals surface area contributed by atoms with Gasteiger partial charge >= 0.3 is 0 Å². The van der Waals surface area contributed by atoms with E-state index in [0.717, 1.165) is 12.0 Å². The van der Waals surface area contributed by atoms with Crippen LogP contribution in [0.5, 0.6) is 0 Å². The van der Waals surface area contributed by atoms with Crippen molar-refractivity contribution in [3.05, 3.63) is 39.9 Å². The van der Waals surface area contributed by atoms with Crippen LogP contribution in [0.4, 0.5) is 0 Å². The van der Waals surface area contributed by atoms with E-state index in [0.29, 0.717) is 16.6 Å². The summed E-state index contributed by atoms with van der Waals surface area (Å²) in [4.78, 5) is 0. The van der Waals surface area contributed by atoms with Gasteiger partial charge in [-0.1, -0.05) is 41.4 Å². The number of nitrogens with two attached hydrogens (primary N) is 1. The average Bonchev–Trinajstić information content (AvgIpc) is 2.10. The fourth-order valence-electron chi connectivity index (χ4n) is 0.967. The zero-order chi connectivity index (χ0) is 9.68. The molecule has 0 fully saturated rings. The van der Waals surface area contributed by atoms with Gasteiger partial charge in [0.1, 0.15) is 0 Å². The van der Waals surface area contributed by atoms with Crippen LogP contribution in [0.2, 0.25) is 10.0 Å². The second-order valence-electron chi connectivity index (χ2n) is 2.62. The van der Waals surface area contributed by atoms with Crippen LogP contribution in [0.3, 0.4) is 0 Å². The minimum atomic E-state index is 0.637. The highest BCUT2D eigenvalue weighted by Gasteiger charge is 1.99. The van der Waals surface area contributed by atoms with Crippen molar-refractivity contribution in [3.63, 3.8) is 0 Å². The van der Waals surface area contributed by atoms with Crippen LogP contribution in [-0.4, -0.2) is 6.54 Å². The van der Waals surface area contributed by atoms with Crippen molar-refractivity contribution in [3.8, 4) is 0 Å². The van der Waals surface area contributed by atoms with Crippen LogP contribution in [0.15, 0.2) is 24.3 Å². The van der Waals surface area contributed by atoms with Gasteiger partial charge in [0.25, 0.3) is 0 Å². The van der Waals surface area contributed by atoms with Gasteiger partial charge in [-0.05, 0) is 25.1 Å². The maximum Gasteiger partial charge on any atom is 0.0493 e. The quantitative estimate of drug-likeness (QED) is 0.823. The Balaban J connectivity index is 2.87. The molecule has 70 valence electrons. The smallest absolute Gasteiger partial charge is 0.0493 e. The molecule has 0 atom stereocenters. The van der Waals surface area contributed by atoms with Gasteiger partial charge in [0.2, 0.25) is 0 Å². The molecular weight excluding hydrogens is 205 g/mol. The Morgan fingerprint density at radius 2 is 1.85 bits per heavy atom. The molecule has 0 heterocycles. The topological polar surface area (TPSA) is 26.0 Å². The normalized spacial score (nSPS) is 11.0. The number of rotatable bonds is 3. The molecule has 1 aromatic rings. The summed E-state index contributed by atoms with van der Waals surface area (Å²) >= 11 is 11.9. The molecule has 0 aliphatic heterocycles. The monoisotopic (exact) mass is 215 g/mol. The molecule has 1 aromatic carbocycles. The Morgan fingerprint density at radius 3 is 2.38 bits per heavy atom. The van der Waals surface area contributed by atoms with E-state index in [1.54, 1.807) is 0 Å². The van der Waals surface area contributed by atoms with E-state index in [4.69, 9.17) is 28.9 Å². The van der Waals surface area contributed by atoms with Gasteiger partial charge in [0.15, 0.2) is 0 Å². The predicted molar refractivity (Wildman–Crippen MR) is 59.2 cm³/mol. The van der Waals surface area contributed by atoms with E-state index in [2.05, 4.69) is 0 Å². The number of benzene rings is 1. The van der Waals surface area contributed by atoms with Crippen molar-refractivity contribution in [2.45, 2.75) is 6.42 Å². The first-order valence-electron chi connectivity index (χ1n) is 4.06. The highest BCUT2D eigenvalue weighted by atomic mass is 35.5. The van der Waals surface area contributed by atoms with Gasteiger partial charge in [0.05, 0.1) is 0 Å². The summed E-state index contributed by atoms with van der Waals surface area (Å²) < 4.78 is 0. The van der Waals surface area contributed by atoms with Crippen LogP contribution >= 0.6 is 23.2 Å². The highest BCUT2D eigenvalue weighted by molar-refractivity contribution is 6.37. The Hall–Kier alpha value is -0.500. The molecule has 0 saturated heterocycles. The fourth-order valence-corrected chi connectivity index (χ4v) is 1.49. The molecule has 2 N–H and O–H groups in total. The third-order valence-electron chi connectivity index (χ3n) is 1.62. The van der Waals surface area contributed by atoms with Crippen LogP contribution < -0.4 is 5.73 Å². The molecule has 0 saturated carbocycles. The van der Waals surface area contributed by atoms with Crippen molar-refractivity contribution < 1.29 is 0 Å². The minimum absolute atomic E-state index is 0.637. The molecule has 13 heavy (non-hydrogen) atoms. The van der Waals surface area contributed by atoms with Crippen molar-refractivity contribution in [1.82, 2.24) is 0 Å². The first-order chi connectivity index (χ1) is 6.25. The average molecular weight is 216 g/mol. The predicted octanol–water partition coefficient (Wildman–Crippen LogP) is 3.36. The van der Waals surface area contributed by atoms with Gasteiger partial charge in [-0.2, -0.15) is 0 Å². The van der Waals surface area contributed by atoms with Gasteiger partial charge < -0.3 is 5.73 Å². The first-order valence-corrected chi connectivity index (χ1v) is 4.82. The SMILES string of the molecule is NCCC=Cc1c(Cl)cccc1Cl. The number of hydrogen-bond acceptors (Lipinski definition) is 1. The van der Waals surface area contributed by atoms with Gasteiger partial charge in [0, 0.05) is 15.6 Å². The molecule has 0 aromatic heterocycles. The Kier molecular flexibility index (Phi) is 4.29. The van der Waals surface area contributed by atoms with E-state index in [1.165, 1.54) is 0 Å². The van der Waals surface area contributed by atoms with Crippen LogP contribution in [0.25, 0.3) is 6.08 Å². The molecule has 0 aliphatic rings. The third-order valence-corrected chi connectivity index (χ3v) is 2.28. The largest absolute Gasteiger partial charge is 0.330 e. The summed E-state index contributed by atoms with van der Waals surface area (Å²) in [6.07, 6.45) is 4.70. The van der Waals surface area contributed by atoms with Crippen molar-refractivity contribution >= 4 is 29.3 Å². The molecule has 0 spiro atoms. The summed E-state index contributed by atoms with van der Waals surface area (Å²) in [5, 5.41) is 1.33. The summed E-state index contributed by atoms with van der Waals surface area (Å²) in [6, 6.07) is 5.45. The molecule has 1 rings (SSSR count). The van der Waals surface area contributed by atoms with E-state index in [-0.39, 0.29) is 0 Å². The fraction of sp³-hybridized carbons (Fsp3) is 0.200. The van der Waals surface area contributed by atoms with Crippen LogP contribution in [-0.2, 0) is 0 Å². The lowest BCUT2D eigenvalue weighted by atomic mass is 10.2. The summed E-state index contributed by atoms with van der Waals surface area (Å²) in [5.74, 6) is 0. The number of hydrogen-bond donors (Lipinski definition) is 1. The van der Waals surface area contributed by atoms with Crippen molar-refractivity contribution in [1.29, 1.82) is 0 Å². The molecule has 0 bridgehead atoms. The molecule has 0 amide bonds. The van der Waals surface area contributed by atoms with Gasteiger partial charge in [-0.25, -0.2) is 0 Å².